The molecule has 0 saturated heterocycles. The molecule has 2 aromatic heterocycles. The van der Waals surface area contributed by atoms with Crippen LogP contribution < -0.4 is 11.5 Å². The van der Waals surface area contributed by atoms with Gasteiger partial charge < -0.3 is 16.5 Å². The monoisotopic (exact) mass is 290 g/mol. The SMILES string of the molecule is Nc1ccc(-c2ncc(-c3ccc4cn[nH]c4c3)[nH]2)cc1N. The first-order valence-electron chi connectivity index (χ1n) is 6.84. The molecule has 0 bridgehead atoms. The molecule has 0 aliphatic rings. The van der Waals surface area contributed by atoms with Crippen molar-refractivity contribution in [3.8, 4) is 22.6 Å². The maximum Gasteiger partial charge on any atom is 0.137 e. The Hall–Kier alpha value is -3.28. The van der Waals surface area contributed by atoms with Gasteiger partial charge in [0.1, 0.15) is 5.82 Å². The molecule has 6 heteroatoms. The molecule has 4 aromatic rings. The highest BCUT2D eigenvalue weighted by atomic mass is 15.1. The summed E-state index contributed by atoms with van der Waals surface area (Å²) in [6.07, 6.45) is 3.61. The lowest BCUT2D eigenvalue weighted by Crippen LogP contribution is -1.94. The summed E-state index contributed by atoms with van der Waals surface area (Å²) in [4.78, 5) is 7.73. The first kappa shape index (κ1) is 12.5. The molecule has 0 aliphatic heterocycles. The molecule has 0 amide bonds. The van der Waals surface area contributed by atoms with Gasteiger partial charge in [0.05, 0.1) is 35.0 Å². The Morgan fingerprint density at radius 3 is 2.59 bits per heavy atom. The van der Waals surface area contributed by atoms with E-state index < -0.39 is 0 Å². The van der Waals surface area contributed by atoms with Crippen molar-refractivity contribution in [1.82, 2.24) is 20.2 Å². The van der Waals surface area contributed by atoms with Gasteiger partial charge in [-0.25, -0.2) is 4.98 Å². The quantitative estimate of drug-likeness (QED) is 0.425. The molecule has 0 aliphatic carbocycles. The van der Waals surface area contributed by atoms with Crippen LogP contribution in [0.25, 0.3) is 33.5 Å². The van der Waals surface area contributed by atoms with Gasteiger partial charge in [-0.1, -0.05) is 12.1 Å². The minimum atomic E-state index is 0.550. The second kappa shape index (κ2) is 4.63. The lowest BCUT2D eigenvalue weighted by molar-refractivity contribution is 1.12. The van der Waals surface area contributed by atoms with Gasteiger partial charge in [0, 0.05) is 16.5 Å². The second-order valence-corrected chi connectivity index (χ2v) is 5.16. The maximum atomic E-state index is 5.85. The number of hydrogen-bond acceptors (Lipinski definition) is 4. The third-order valence-electron chi connectivity index (χ3n) is 3.69. The molecule has 6 nitrogen and oxygen atoms in total. The Labute approximate surface area is 126 Å². The molecule has 2 aromatic carbocycles. The number of rotatable bonds is 2. The summed E-state index contributed by atoms with van der Waals surface area (Å²) in [6.45, 7) is 0. The number of nitrogen functional groups attached to an aromatic ring is 2. The minimum absolute atomic E-state index is 0.550. The predicted octanol–water partition coefficient (Wildman–Crippen LogP) is 2.78. The fourth-order valence-electron chi connectivity index (χ4n) is 2.44. The third-order valence-corrected chi connectivity index (χ3v) is 3.69. The number of aromatic amines is 2. The lowest BCUT2D eigenvalue weighted by Gasteiger charge is -2.02. The van der Waals surface area contributed by atoms with E-state index in [9.17, 15) is 0 Å². The molecular formula is C16H14N6. The zero-order chi connectivity index (χ0) is 15.1. The molecule has 0 fully saturated rings. The van der Waals surface area contributed by atoms with Gasteiger partial charge in [0.15, 0.2) is 0 Å². The molecule has 4 rings (SSSR count). The highest BCUT2D eigenvalue weighted by molar-refractivity contribution is 5.83. The normalized spacial score (nSPS) is 11.1. The number of imidazole rings is 1. The molecule has 0 unspecified atom stereocenters. The second-order valence-electron chi connectivity index (χ2n) is 5.16. The Kier molecular flexibility index (Phi) is 2.62. The van der Waals surface area contributed by atoms with Gasteiger partial charge in [0.25, 0.3) is 0 Å². The predicted molar refractivity (Wildman–Crippen MR) is 87.9 cm³/mol. The number of aromatic nitrogens is 4. The number of nitrogens with one attached hydrogen (secondary N) is 2. The summed E-state index contributed by atoms with van der Waals surface area (Å²) in [6, 6.07) is 11.6. The van der Waals surface area contributed by atoms with Crippen LogP contribution in [-0.2, 0) is 0 Å². The highest BCUT2D eigenvalue weighted by Crippen LogP contribution is 2.27. The standard InChI is InChI=1S/C16H14N6/c17-12-4-3-10(5-13(12)18)16-19-8-15(21-16)9-1-2-11-7-20-22-14(11)6-9/h1-8H,17-18H2,(H,19,21)(H,20,22). The number of nitrogens with two attached hydrogens (primary N) is 2. The van der Waals surface area contributed by atoms with E-state index >= 15 is 0 Å². The van der Waals surface area contributed by atoms with Crippen LogP contribution in [0, 0.1) is 0 Å². The van der Waals surface area contributed by atoms with Crippen LogP contribution in [-0.4, -0.2) is 20.2 Å². The number of benzene rings is 2. The molecule has 0 atom stereocenters. The molecule has 2 heterocycles. The number of nitrogens with zero attached hydrogens (tertiary/aromatic N) is 2. The van der Waals surface area contributed by atoms with E-state index in [2.05, 4.69) is 20.2 Å². The van der Waals surface area contributed by atoms with Crippen molar-refractivity contribution >= 4 is 22.3 Å². The molecule has 22 heavy (non-hydrogen) atoms. The summed E-state index contributed by atoms with van der Waals surface area (Å²) >= 11 is 0. The van der Waals surface area contributed by atoms with Gasteiger partial charge in [-0.15, -0.1) is 0 Å². The lowest BCUT2D eigenvalue weighted by atomic mass is 10.1. The minimum Gasteiger partial charge on any atom is -0.397 e. The van der Waals surface area contributed by atoms with Gasteiger partial charge in [-0.3, -0.25) is 5.10 Å². The van der Waals surface area contributed by atoms with Crippen LogP contribution in [0.5, 0.6) is 0 Å². The summed E-state index contributed by atoms with van der Waals surface area (Å²) in [5, 5.41) is 8.08. The third kappa shape index (κ3) is 1.98. The van der Waals surface area contributed by atoms with Crippen molar-refractivity contribution in [2.75, 3.05) is 11.5 Å². The fourth-order valence-corrected chi connectivity index (χ4v) is 2.44. The summed E-state index contributed by atoms with van der Waals surface area (Å²) < 4.78 is 0. The van der Waals surface area contributed by atoms with Crippen LogP contribution >= 0.6 is 0 Å². The van der Waals surface area contributed by atoms with E-state index in [1.807, 2.05) is 30.3 Å². The average Bonchev–Trinajstić information content (AvgIpc) is 3.17. The Bertz CT molecular complexity index is 966. The van der Waals surface area contributed by atoms with E-state index in [0.717, 1.165) is 33.5 Å². The Morgan fingerprint density at radius 1 is 0.864 bits per heavy atom. The molecule has 0 radical (unpaired) electrons. The molecule has 0 spiro atoms. The number of fused-ring (bicyclic) bond motifs is 1. The van der Waals surface area contributed by atoms with Crippen molar-refractivity contribution in [3.63, 3.8) is 0 Å². The summed E-state index contributed by atoms with van der Waals surface area (Å²) in [7, 11) is 0. The molecular weight excluding hydrogens is 276 g/mol. The largest absolute Gasteiger partial charge is 0.397 e. The summed E-state index contributed by atoms with van der Waals surface area (Å²) in [5.74, 6) is 0.756. The van der Waals surface area contributed by atoms with Crippen LogP contribution in [0.4, 0.5) is 11.4 Å². The zero-order valence-corrected chi connectivity index (χ0v) is 11.7. The Balaban J connectivity index is 1.75. The van der Waals surface area contributed by atoms with Crippen LogP contribution in [0.3, 0.4) is 0 Å². The number of anilines is 2. The van der Waals surface area contributed by atoms with Gasteiger partial charge >= 0.3 is 0 Å². The first-order chi connectivity index (χ1) is 10.7. The average molecular weight is 290 g/mol. The van der Waals surface area contributed by atoms with E-state index in [1.54, 1.807) is 18.5 Å². The molecule has 108 valence electrons. The Morgan fingerprint density at radius 2 is 1.73 bits per heavy atom. The van der Waals surface area contributed by atoms with Crippen molar-refractivity contribution in [1.29, 1.82) is 0 Å². The van der Waals surface area contributed by atoms with Crippen LogP contribution in [0.15, 0.2) is 48.8 Å². The first-order valence-corrected chi connectivity index (χ1v) is 6.84. The zero-order valence-electron chi connectivity index (χ0n) is 11.7. The van der Waals surface area contributed by atoms with Gasteiger partial charge in [-0.2, -0.15) is 5.10 Å². The van der Waals surface area contributed by atoms with Crippen molar-refractivity contribution < 1.29 is 0 Å². The molecule has 0 saturated carbocycles. The number of H-pyrrole nitrogens is 2. The molecule has 6 N–H and O–H groups in total. The van der Waals surface area contributed by atoms with Gasteiger partial charge in [0.2, 0.25) is 0 Å². The van der Waals surface area contributed by atoms with Crippen molar-refractivity contribution in [3.05, 3.63) is 48.8 Å². The van der Waals surface area contributed by atoms with E-state index in [1.165, 1.54) is 0 Å². The highest BCUT2D eigenvalue weighted by Gasteiger charge is 2.08. The summed E-state index contributed by atoms with van der Waals surface area (Å²) in [5.41, 5.74) is 16.6. The topological polar surface area (TPSA) is 109 Å². The van der Waals surface area contributed by atoms with E-state index in [-0.39, 0.29) is 0 Å². The van der Waals surface area contributed by atoms with Crippen LogP contribution in [0.1, 0.15) is 0 Å². The fraction of sp³-hybridized carbons (Fsp3) is 0. The van der Waals surface area contributed by atoms with E-state index in [0.29, 0.717) is 11.4 Å². The van der Waals surface area contributed by atoms with Crippen molar-refractivity contribution in [2.45, 2.75) is 0 Å². The maximum absolute atomic E-state index is 5.85. The van der Waals surface area contributed by atoms with Crippen molar-refractivity contribution in [2.24, 2.45) is 0 Å². The smallest absolute Gasteiger partial charge is 0.137 e. The van der Waals surface area contributed by atoms with E-state index in [4.69, 9.17) is 11.5 Å². The van der Waals surface area contributed by atoms with Crippen LogP contribution in [0.2, 0.25) is 0 Å². The number of hydrogen-bond donors (Lipinski definition) is 4. The van der Waals surface area contributed by atoms with Gasteiger partial charge in [-0.05, 0) is 24.3 Å².